The van der Waals surface area contributed by atoms with Crippen molar-refractivity contribution in [1.29, 1.82) is 0 Å². The standard InChI is InChI=1S/C18H31N5OS.HI/c1-5-15-12-21-16(25-15)6-9-20-18(19-4)22-14-7-10-23(11-8-14)17(24)13(2)3;/h12-14H,5-11H2,1-4H3,(H2,19,20,22);1H. The topological polar surface area (TPSA) is 69.6 Å². The van der Waals surface area contributed by atoms with Crippen LogP contribution in [-0.2, 0) is 17.6 Å². The predicted octanol–water partition coefficient (Wildman–Crippen LogP) is 2.68. The summed E-state index contributed by atoms with van der Waals surface area (Å²) in [4.78, 5) is 24.1. The number of nitrogens with one attached hydrogen (secondary N) is 2. The number of hydrogen-bond acceptors (Lipinski definition) is 4. The highest BCUT2D eigenvalue weighted by Gasteiger charge is 2.24. The molecule has 148 valence electrons. The highest BCUT2D eigenvalue weighted by Crippen LogP contribution is 2.14. The monoisotopic (exact) mass is 493 g/mol. The summed E-state index contributed by atoms with van der Waals surface area (Å²) < 4.78 is 0. The summed E-state index contributed by atoms with van der Waals surface area (Å²) in [5.74, 6) is 1.18. The maximum Gasteiger partial charge on any atom is 0.225 e. The van der Waals surface area contributed by atoms with E-state index in [0.717, 1.165) is 51.3 Å². The molecule has 1 amide bonds. The van der Waals surface area contributed by atoms with Crippen molar-refractivity contribution in [1.82, 2.24) is 20.5 Å². The zero-order valence-electron chi connectivity index (χ0n) is 16.2. The third-order valence-electron chi connectivity index (χ3n) is 4.45. The molecule has 0 spiro atoms. The molecule has 1 fully saturated rings. The molecule has 0 radical (unpaired) electrons. The van der Waals surface area contributed by atoms with Crippen molar-refractivity contribution in [2.45, 2.75) is 52.5 Å². The molecule has 2 N–H and O–H groups in total. The van der Waals surface area contributed by atoms with Gasteiger partial charge < -0.3 is 15.5 Å². The Balaban J connectivity index is 0.00000338. The summed E-state index contributed by atoms with van der Waals surface area (Å²) in [6.07, 6.45) is 5.86. The van der Waals surface area contributed by atoms with E-state index < -0.39 is 0 Å². The lowest BCUT2D eigenvalue weighted by Gasteiger charge is -2.34. The first kappa shape index (κ1) is 23.1. The molecule has 6 nitrogen and oxygen atoms in total. The number of halogens is 1. The smallest absolute Gasteiger partial charge is 0.225 e. The lowest BCUT2D eigenvalue weighted by Crippen LogP contribution is -2.50. The van der Waals surface area contributed by atoms with Crippen LogP contribution >= 0.6 is 35.3 Å². The molecule has 0 bridgehead atoms. The van der Waals surface area contributed by atoms with Gasteiger partial charge in [0.1, 0.15) is 0 Å². The van der Waals surface area contributed by atoms with Gasteiger partial charge in [0, 0.05) is 56.1 Å². The van der Waals surface area contributed by atoms with Crippen LogP contribution in [0, 0.1) is 5.92 Å². The first-order valence-electron chi connectivity index (χ1n) is 9.23. The average molecular weight is 493 g/mol. The van der Waals surface area contributed by atoms with E-state index in [1.165, 1.54) is 9.88 Å². The Bertz CT molecular complexity index is 582. The second kappa shape index (κ2) is 11.7. The van der Waals surface area contributed by atoms with Crippen molar-refractivity contribution in [2.24, 2.45) is 10.9 Å². The van der Waals surface area contributed by atoms with Crippen molar-refractivity contribution in [3.05, 3.63) is 16.1 Å². The molecule has 0 aliphatic carbocycles. The molecule has 1 aliphatic heterocycles. The second-order valence-electron chi connectivity index (χ2n) is 6.72. The quantitative estimate of drug-likeness (QED) is 0.363. The van der Waals surface area contributed by atoms with Gasteiger partial charge >= 0.3 is 0 Å². The van der Waals surface area contributed by atoms with Gasteiger partial charge in [-0.2, -0.15) is 0 Å². The highest BCUT2D eigenvalue weighted by molar-refractivity contribution is 14.0. The normalized spacial score (nSPS) is 15.7. The van der Waals surface area contributed by atoms with Crippen LogP contribution in [0.15, 0.2) is 11.2 Å². The van der Waals surface area contributed by atoms with Gasteiger partial charge in [0.15, 0.2) is 5.96 Å². The molecule has 2 rings (SSSR count). The summed E-state index contributed by atoms with van der Waals surface area (Å²) >= 11 is 1.78. The van der Waals surface area contributed by atoms with E-state index in [1.807, 2.05) is 24.9 Å². The van der Waals surface area contributed by atoms with Gasteiger partial charge in [0.2, 0.25) is 5.91 Å². The van der Waals surface area contributed by atoms with Crippen LogP contribution in [0.5, 0.6) is 0 Å². The minimum atomic E-state index is 0. The Kier molecular flexibility index (Phi) is 10.4. The van der Waals surface area contributed by atoms with E-state index in [9.17, 15) is 4.79 Å². The van der Waals surface area contributed by atoms with Crippen molar-refractivity contribution >= 4 is 47.2 Å². The van der Waals surface area contributed by atoms with Gasteiger partial charge in [0.25, 0.3) is 0 Å². The fourth-order valence-electron chi connectivity index (χ4n) is 2.91. The van der Waals surface area contributed by atoms with E-state index >= 15 is 0 Å². The Hall–Kier alpha value is -0.900. The lowest BCUT2D eigenvalue weighted by molar-refractivity contribution is -0.135. The first-order chi connectivity index (χ1) is 12.0. The molecule has 0 saturated carbocycles. The number of nitrogens with zero attached hydrogens (tertiary/aromatic N) is 3. The van der Waals surface area contributed by atoms with Gasteiger partial charge in [-0.05, 0) is 19.3 Å². The number of aromatic nitrogens is 1. The molecule has 1 aromatic rings. The van der Waals surface area contributed by atoms with Crippen LogP contribution < -0.4 is 10.6 Å². The average Bonchev–Trinajstić information content (AvgIpc) is 3.08. The fourth-order valence-corrected chi connectivity index (χ4v) is 3.77. The lowest BCUT2D eigenvalue weighted by atomic mass is 10.0. The zero-order chi connectivity index (χ0) is 18.2. The highest BCUT2D eigenvalue weighted by atomic mass is 127. The molecule has 8 heteroatoms. The third kappa shape index (κ3) is 7.02. The number of thiazole rings is 1. The molecule has 26 heavy (non-hydrogen) atoms. The summed E-state index contributed by atoms with van der Waals surface area (Å²) in [5.41, 5.74) is 0. The van der Waals surface area contributed by atoms with Crippen molar-refractivity contribution in [3.8, 4) is 0 Å². The number of aryl methyl sites for hydroxylation is 1. The van der Waals surface area contributed by atoms with Crippen molar-refractivity contribution < 1.29 is 4.79 Å². The van der Waals surface area contributed by atoms with Crippen LogP contribution in [0.2, 0.25) is 0 Å². The number of aliphatic imine (C=N–C) groups is 1. The number of amides is 1. The van der Waals surface area contributed by atoms with Crippen LogP contribution in [0.25, 0.3) is 0 Å². The van der Waals surface area contributed by atoms with Crippen LogP contribution in [0.1, 0.15) is 43.5 Å². The molecule has 0 unspecified atom stereocenters. The van der Waals surface area contributed by atoms with Crippen molar-refractivity contribution in [2.75, 3.05) is 26.7 Å². The number of rotatable bonds is 6. The summed E-state index contributed by atoms with van der Waals surface area (Å²) in [5, 5.41) is 8.02. The fraction of sp³-hybridized carbons (Fsp3) is 0.722. The van der Waals surface area contributed by atoms with Crippen LogP contribution in [0.3, 0.4) is 0 Å². The van der Waals surface area contributed by atoms with E-state index in [2.05, 4.69) is 27.5 Å². The van der Waals surface area contributed by atoms with E-state index in [1.54, 1.807) is 18.4 Å². The molecule has 1 aromatic heterocycles. The summed E-state index contributed by atoms with van der Waals surface area (Å²) in [7, 11) is 1.80. The molecule has 1 saturated heterocycles. The zero-order valence-corrected chi connectivity index (χ0v) is 19.4. The molecule has 1 aliphatic rings. The molecule has 0 atom stereocenters. The number of piperidine rings is 1. The molecule has 2 heterocycles. The number of carbonyl (C=O) groups excluding carboxylic acids is 1. The Morgan fingerprint density at radius 3 is 2.65 bits per heavy atom. The van der Waals surface area contributed by atoms with Gasteiger partial charge in [0.05, 0.1) is 5.01 Å². The molecular formula is C18H32IN5OS. The molecule has 0 aromatic carbocycles. The van der Waals surface area contributed by atoms with Gasteiger partial charge in [-0.15, -0.1) is 35.3 Å². The van der Waals surface area contributed by atoms with E-state index in [-0.39, 0.29) is 35.8 Å². The van der Waals surface area contributed by atoms with Crippen LogP contribution in [0.4, 0.5) is 0 Å². The third-order valence-corrected chi connectivity index (χ3v) is 5.65. The van der Waals surface area contributed by atoms with Gasteiger partial charge in [-0.3, -0.25) is 9.79 Å². The van der Waals surface area contributed by atoms with E-state index in [4.69, 9.17) is 0 Å². The minimum Gasteiger partial charge on any atom is -0.356 e. The van der Waals surface area contributed by atoms with Crippen LogP contribution in [-0.4, -0.2) is 54.5 Å². The SMILES string of the molecule is CCc1cnc(CCNC(=NC)NC2CCN(C(=O)C(C)C)CC2)s1.I. The Morgan fingerprint density at radius 2 is 2.12 bits per heavy atom. The number of carbonyl (C=O) groups is 1. The number of guanidine groups is 1. The van der Waals surface area contributed by atoms with E-state index in [0.29, 0.717) is 6.04 Å². The predicted molar refractivity (Wildman–Crippen MR) is 120 cm³/mol. The maximum atomic E-state index is 12.0. The molecular weight excluding hydrogens is 461 g/mol. The van der Waals surface area contributed by atoms with Gasteiger partial charge in [-0.1, -0.05) is 20.8 Å². The van der Waals surface area contributed by atoms with Crippen molar-refractivity contribution in [3.63, 3.8) is 0 Å². The maximum absolute atomic E-state index is 12.0. The number of hydrogen-bond donors (Lipinski definition) is 2. The largest absolute Gasteiger partial charge is 0.356 e. The summed E-state index contributed by atoms with van der Waals surface area (Å²) in [6, 6.07) is 0.369. The Morgan fingerprint density at radius 1 is 1.42 bits per heavy atom. The first-order valence-corrected chi connectivity index (χ1v) is 10.0. The Labute approximate surface area is 178 Å². The second-order valence-corrected chi connectivity index (χ2v) is 7.92. The number of likely N-dealkylation sites (tertiary alicyclic amines) is 1. The summed E-state index contributed by atoms with van der Waals surface area (Å²) in [6.45, 7) is 8.55. The minimum absolute atomic E-state index is 0. The van der Waals surface area contributed by atoms with Gasteiger partial charge in [-0.25, -0.2) is 4.98 Å².